The first-order valence-corrected chi connectivity index (χ1v) is 14.3. The third-order valence-electron chi connectivity index (χ3n) is 11.8. The maximum atomic E-state index is 15.2. The molecular weight excluding hydrogens is 922 g/mol. The fourth-order valence-corrected chi connectivity index (χ4v) is 8.80. The molecule has 0 aromatic carbocycles. The maximum absolute atomic E-state index is 15.2. The molecule has 0 radical (unpaired) electrons. The van der Waals surface area contributed by atoms with E-state index < -0.39 is 142 Å². The lowest BCUT2D eigenvalue weighted by Gasteiger charge is -2.74. The smallest absolute Gasteiger partial charge is 0.339 e. The van der Waals surface area contributed by atoms with Crippen LogP contribution in [0.2, 0.25) is 0 Å². The van der Waals surface area contributed by atoms with E-state index in [0.29, 0.717) is 0 Å². The van der Waals surface area contributed by atoms with Crippen molar-refractivity contribution < 1.29 is 151 Å². The number of halogens is 30. The summed E-state index contributed by atoms with van der Waals surface area (Å²) in [5.41, 5.74) is -66.1. The Hall–Kier alpha value is -2.26. The number of alkyl halides is 30. The molecule has 2 unspecified atom stereocenters. The van der Waals surface area contributed by atoms with E-state index in [1.54, 1.807) is 0 Å². The van der Waals surface area contributed by atoms with E-state index in [0.717, 1.165) is 0 Å². The monoisotopic (exact) mass is 930 g/mol. The predicted octanol–water partition coefficient (Wildman–Crippen LogP) is 7.17. The van der Waals surface area contributed by atoms with Crippen LogP contribution in [0.25, 0.3) is 0 Å². The predicted molar refractivity (Wildman–Crippen MR) is 112 cm³/mol. The summed E-state index contributed by atoms with van der Waals surface area (Å²) in [6.45, 7) is -7.54. The molecule has 8 fully saturated rings. The summed E-state index contributed by atoms with van der Waals surface area (Å²) >= 11 is 0. The maximum Gasteiger partial charge on any atom is 0.339 e. The molecule has 0 aliphatic heterocycles. The van der Waals surface area contributed by atoms with Crippen molar-refractivity contribution in [3.63, 3.8) is 0 Å². The molecule has 8 bridgehead atoms. The Morgan fingerprint density at radius 3 is 0.483 bits per heavy atom. The van der Waals surface area contributed by atoms with Crippen molar-refractivity contribution in [3.8, 4) is 0 Å². The molecule has 338 valence electrons. The first kappa shape index (κ1) is 45.3. The van der Waals surface area contributed by atoms with Crippen LogP contribution in [-0.2, 0) is 9.47 Å². The molecule has 8 aliphatic carbocycles. The standard InChI is InChI=1S/C24H8F30O4/c25-5-13(31,32)6(26)15(35,36)7(27,14(5,33)34)21(47,48)11(19(5,43)44,20(6,45)46)57-1-3(55)4(56)2-58-12-22(49,50)8(28)16(37,38)9(29,23(12,51)52)18(41,42)10(30,17(8,39)40)24(12,53)54/h3-4,55-56H,1-2H2. The largest absolute Gasteiger partial charge is 0.388 e. The molecule has 0 saturated heterocycles. The quantitative estimate of drug-likeness (QED) is 0.266. The number of aliphatic hydroxyl groups excluding tert-OH is 2. The zero-order valence-electron chi connectivity index (χ0n) is 25.6. The SMILES string of the molecule is OC(COC12C(F)(F)C3(F)C(F)(F)C(F)(C(F)(F)C(F)(C3(F)F)C1(F)F)C2(F)F)C(O)COC12C(F)(F)C3(F)C(F)(F)C(F)(C(F)(F)C(F)(C3(F)F)C1(F)F)C2(F)F. The minimum absolute atomic E-state index is 2.84. The molecule has 8 rings (SSSR count). The van der Waals surface area contributed by atoms with Gasteiger partial charge in [-0.1, -0.05) is 0 Å². The first-order chi connectivity index (χ1) is 25.0. The minimum atomic E-state index is -8.43. The molecule has 34 heteroatoms. The Morgan fingerprint density at radius 1 is 0.241 bits per heavy atom. The molecule has 0 amide bonds. The molecule has 0 spiro atoms. The highest BCUT2D eigenvalue weighted by Crippen LogP contribution is 2.91. The van der Waals surface area contributed by atoms with Gasteiger partial charge in [0.15, 0.2) is 0 Å². The lowest BCUT2D eigenvalue weighted by Crippen LogP contribution is -3.10. The van der Waals surface area contributed by atoms with Crippen molar-refractivity contribution in [1.82, 2.24) is 0 Å². The van der Waals surface area contributed by atoms with Gasteiger partial charge >= 0.3 is 105 Å². The van der Waals surface area contributed by atoms with Crippen LogP contribution in [0.15, 0.2) is 0 Å². The number of aliphatic hydroxyl groups is 2. The van der Waals surface area contributed by atoms with Crippen LogP contribution >= 0.6 is 0 Å². The lowest BCUT2D eigenvalue weighted by atomic mass is 9.40. The second-order valence-corrected chi connectivity index (χ2v) is 14.0. The topological polar surface area (TPSA) is 58.9 Å². The van der Waals surface area contributed by atoms with E-state index in [9.17, 15) is 62.9 Å². The number of rotatable bonds is 7. The van der Waals surface area contributed by atoms with Crippen molar-refractivity contribution in [2.24, 2.45) is 0 Å². The highest BCUT2D eigenvalue weighted by molar-refractivity contribution is 5.56. The summed E-state index contributed by atoms with van der Waals surface area (Å²) in [5.74, 6) is -101. The van der Waals surface area contributed by atoms with Gasteiger partial charge in [0.1, 0.15) is 12.2 Å². The third-order valence-corrected chi connectivity index (χ3v) is 11.8. The van der Waals surface area contributed by atoms with E-state index in [1.807, 2.05) is 0 Å². The van der Waals surface area contributed by atoms with E-state index in [2.05, 4.69) is 9.47 Å². The lowest BCUT2D eigenvalue weighted by molar-refractivity contribution is -0.620. The number of hydrogen-bond acceptors (Lipinski definition) is 4. The summed E-state index contributed by atoms with van der Waals surface area (Å²) in [6.07, 6.45) is -9.02. The first-order valence-electron chi connectivity index (χ1n) is 14.3. The Labute approximate surface area is 294 Å². The summed E-state index contributed by atoms with van der Waals surface area (Å²) in [5, 5.41) is 19.5. The van der Waals surface area contributed by atoms with Crippen molar-refractivity contribution in [3.05, 3.63) is 0 Å². The Morgan fingerprint density at radius 2 is 0.362 bits per heavy atom. The zero-order chi connectivity index (χ0) is 46.0. The molecular formula is C24H8F30O4. The van der Waals surface area contributed by atoms with Crippen LogP contribution in [0.1, 0.15) is 0 Å². The summed E-state index contributed by atoms with van der Waals surface area (Å²) in [7, 11) is 0. The Balaban J connectivity index is 1.45. The van der Waals surface area contributed by atoms with Crippen molar-refractivity contribution >= 4 is 0 Å². The van der Waals surface area contributed by atoms with Gasteiger partial charge < -0.3 is 19.7 Å². The molecule has 0 heterocycles. The molecule has 0 aromatic rings. The summed E-state index contributed by atoms with van der Waals surface area (Å²) in [6, 6.07) is 0. The van der Waals surface area contributed by atoms with E-state index >= 15 is 79.0 Å². The minimum Gasteiger partial charge on any atom is -0.388 e. The fraction of sp³-hybridized carbons (Fsp3) is 1.00. The van der Waals surface area contributed by atoms with Gasteiger partial charge in [-0.15, -0.1) is 0 Å². The highest BCUT2D eigenvalue weighted by Gasteiger charge is 3.25. The molecule has 0 aromatic heterocycles. The number of ether oxygens (including phenoxy) is 2. The van der Waals surface area contributed by atoms with Crippen LogP contribution in [-0.4, -0.2) is 152 Å². The molecule has 2 atom stereocenters. The average Bonchev–Trinajstić information content (AvgIpc) is 3.04. The average molecular weight is 930 g/mol. The normalized spacial score (nSPS) is 50.7. The highest BCUT2D eigenvalue weighted by atomic mass is 19.4. The fourth-order valence-electron chi connectivity index (χ4n) is 8.80. The van der Waals surface area contributed by atoms with Gasteiger partial charge in [-0.2, -0.15) is 105 Å². The molecule has 2 N–H and O–H groups in total. The molecule has 4 nitrogen and oxygen atoms in total. The van der Waals surface area contributed by atoms with E-state index in [1.165, 1.54) is 0 Å². The van der Waals surface area contributed by atoms with Gasteiger partial charge in [-0.3, -0.25) is 0 Å². The van der Waals surface area contributed by atoms with Crippen LogP contribution in [0.3, 0.4) is 0 Å². The van der Waals surface area contributed by atoms with Crippen LogP contribution in [0.5, 0.6) is 0 Å². The van der Waals surface area contributed by atoms with Crippen LogP contribution < -0.4 is 0 Å². The summed E-state index contributed by atoms with van der Waals surface area (Å²) < 4.78 is 454. The van der Waals surface area contributed by atoms with Gasteiger partial charge in [-0.25, -0.2) is 26.3 Å². The summed E-state index contributed by atoms with van der Waals surface area (Å²) in [4.78, 5) is 0. The molecule has 8 aliphatic rings. The number of hydrogen-bond donors (Lipinski definition) is 2. The Bertz CT molecular complexity index is 1480. The van der Waals surface area contributed by atoms with Crippen LogP contribution in [0, 0.1) is 0 Å². The molecule has 8 saturated carbocycles. The molecule has 58 heavy (non-hydrogen) atoms. The van der Waals surface area contributed by atoms with E-state index in [-0.39, 0.29) is 0 Å². The van der Waals surface area contributed by atoms with Crippen molar-refractivity contribution in [1.29, 1.82) is 0 Å². The van der Waals surface area contributed by atoms with Crippen molar-refractivity contribution in [2.45, 2.75) is 128 Å². The van der Waals surface area contributed by atoms with Gasteiger partial charge in [0.2, 0.25) is 0 Å². The van der Waals surface area contributed by atoms with Crippen LogP contribution in [0.4, 0.5) is 132 Å². The van der Waals surface area contributed by atoms with E-state index in [4.69, 9.17) is 0 Å². The van der Waals surface area contributed by atoms with Gasteiger partial charge in [0.25, 0.3) is 11.2 Å². The van der Waals surface area contributed by atoms with Gasteiger partial charge in [0.05, 0.1) is 13.2 Å². The second kappa shape index (κ2) is 9.69. The third kappa shape index (κ3) is 2.83. The van der Waals surface area contributed by atoms with Crippen molar-refractivity contribution in [2.75, 3.05) is 13.2 Å². The van der Waals surface area contributed by atoms with Gasteiger partial charge in [0, 0.05) is 0 Å². The second-order valence-electron chi connectivity index (χ2n) is 14.0. The zero-order valence-corrected chi connectivity index (χ0v) is 25.6. The Kier molecular flexibility index (Phi) is 7.56. The van der Waals surface area contributed by atoms with Gasteiger partial charge in [-0.05, 0) is 0 Å².